The van der Waals surface area contributed by atoms with Gasteiger partial charge in [-0.15, -0.1) is 0 Å². The third-order valence-corrected chi connectivity index (χ3v) is 3.87. The monoisotopic (exact) mass is 321 g/mol. The minimum Gasteiger partial charge on any atom is -0.479 e. The molecule has 1 amide bonds. The standard InChI is InChI=1S/C15H16ClN3O3/c1-3-15(14(21)22,10-4-6-11(16)7-5-10)18-13(20)12-9(2)8-17-19-12/h4-8H,3H2,1-2H3,(H,17,19)(H,18,20)(H,21,22). The van der Waals surface area contributed by atoms with Gasteiger partial charge in [0.15, 0.2) is 5.54 Å². The van der Waals surface area contributed by atoms with Crippen LogP contribution < -0.4 is 5.32 Å². The number of carbonyl (C=O) groups excluding carboxylic acids is 1. The van der Waals surface area contributed by atoms with Crippen molar-refractivity contribution in [3.8, 4) is 0 Å². The smallest absolute Gasteiger partial charge is 0.334 e. The number of halogens is 1. The molecule has 1 aromatic heterocycles. The molecule has 116 valence electrons. The molecule has 0 radical (unpaired) electrons. The summed E-state index contributed by atoms with van der Waals surface area (Å²) in [5.41, 5.74) is -0.186. The normalized spacial score (nSPS) is 13.4. The zero-order valence-corrected chi connectivity index (χ0v) is 12.9. The summed E-state index contributed by atoms with van der Waals surface area (Å²) in [6, 6.07) is 6.38. The lowest BCUT2D eigenvalue weighted by Gasteiger charge is -2.30. The van der Waals surface area contributed by atoms with Gasteiger partial charge in [0, 0.05) is 5.02 Å². The summed E-state index contributed by atoms with van der Waals surface area (Å²) in [4.78, 5) is 24.2. The van der Waals surface area contributed by atoms with Crippen molar-refractivity contribution in [3.05, 3.63) is 52.3 Å². The summed E-state index contributed by atoms with van der Waals surface area (Å²) in [7, 11) is 0. The van der Waals surface area contributed by atoms with Crippen molar-refractivity contribution in [2.45, 2.75) is 25.8 Å². The number of hydrogen-bond acceptors (Lipinski definition) is 3. The molecule has 22 heavy (non-hydrogen) atoms. The Balaban J connectivity index is 2.42. The van der Waals surface area contributed by atoms with Crippen LogP contribution >= 0.6 is 11.6 Å². The summed E-state index contributed by atoms with van der Waals surface area (Å²) in [5, 5.41) is 19.1. The topological polar surface area (TPSA) is 95.1 Å². The number of aliphatic carboxylic acids is 1. The van der Waals surface area contributed by atoms with Crippen LogP contribution in [0.1, 0.15) is 35.0 Å². The summed E-state index contributed by atoms with van der Waals surface area (Å²) in [6.07, 6.45) is 1.69. The molecule has 0 spiro atoms. The number of nitrogens with one attached hydrogen (secondary N) is 2. The maximum Gasteiger partial charge on any atom is 0.334 e. The molecule has 1 aromatic carbocycles. The Hall–Kier alpha value is -2.34. The molecule has 7 heteroatoms. The van der Waals surface area contributed by atoms with Crippen molar-refractivity contribution in [1.29, 1.82) is 0 Å². The molecular weight excluding hydrogens is 306 g/mol. The highest BCUT2D eigenvalue weighted by Crippen LogP contribution is 2.27. The zero-order valence-electron chi connectivity index (χ0n) is 12.2. The maximum atomic E-state index is 12.4. The highest BCUT2D eigenvalue weighted by atomic mass is 35.5. The molecule has 3 N–H and O–H groups in total. The molecule has 0 saturated heterocycles. The maximum absolute atomic E-state index is 12.4. The third-order valence-electron chi connectivity index (χ3n) is 3.62. The van der Waals surface area contributed by atoms with E-state index in [0.29, 0.717) is 16.1 Å². The van der Waals surface area contributed by atoms with E-state index in [9.17, 15) is 14.7 Å². The van der Waals surface area contributed by atoms with E-state index < -0.39 is 17.4 Å². The molecule has 0 fully saturated rings. The Bertz CT molecular complexity index is 696. The van der Waals surface area contributed by atoms with Crippen molar-refractivity contribution >= 4 is 23.5 Å². The third kappa shape index (κ3) is 2.82. The van der Waals surface area contributed by atoms with Gasteiger partial charge in [0.2, 0.25) is 0 Å². The quantitative estimate of drug-likeness (QED) is 0.788. The number of aromatic amines is 1. The molecule has 0 bridgehead atoms. The van der Waals surface area contributed by atoms with Crippen molar-refractivity contribution in [2.75, 3.05) is 0 Å². The van der Waals surface area contributed by atoms with Gasteiger partial charge in [0.25, 0.3) is 5.91 Å². The van der Waals surface area contributed by atoms with E-state index >= 15 is 0 Å². The van der Waals surface area contributed by atoms with Crippen LogP contribution in [-0.4, -0.2) is 27.2 Å². The fourth-order valence-electron chi connectivity index (χ4n) is 2.26. The number of hydrogen-bond donors (Lipinski definition) is 3. The summed E-state index contributed by atoms with van der Waals surface area (Å²) in [5.74, 6) is -1.66. The number of carbonyl (C=O) groups is 2. The number of H-pyrrole nitrogens is 1. The number of benzene rings is 1. The van der Waals surface area contributed by atoms with Gasteiger partial charge >= 0.3 is 5.97 Å². The number of aromatic nitrogens is 2. The fraction of sp³-hybridized carbons (Fsp3) is 0.267. The first-order chi connectivity index (χ1) is 10.4. The molecule has 1 heterocycles. The first-order valence-electron chi connectivity index (χ1n) is 6.72. The number of rotatable bonds is 5. The van der Waals surface area contributed by atoms with Crippen molar-refractivity contribution in [1.82, 2.24) is 15.5 Å². The van der Waals surface area contributed by atoms with Crippen LogP contribution in [0, 0.1) is 6.92 Å². The van der Waals surface area contributed by atoms with E-state index in [0.717, 1.165) is 0 Å². The van der Waals surface area contributed by atoms with Gasteiger partial charge in [-0.1, -0.05) is 30.7 Å². The summed E-state index contributed by atoms with van der Waals surface area (Å²) >= 11 is 5.84. The van der Waals surface area contributed by atoms with Crippen LogP contribution in [0.3, 0.4) is 0 Å². The Morgan fingerprint density at radius 2 is 2.00 bits per heavy atom. The molecular formula is C15H16ClN3O3. The van der Waals surface area contributed by atoms with Gasteiger partial charge in [-0.25, -0.2) is 4.79 Å². The SMILES string of the molecule is CCC(NC(=O)c1[nH]ncc1C)(C(=O)O)c1ccc(Cl)cc1. The van der Waals surface area contributed by atoms with Gasteiger partial charge < -0.3 is 10.4 Å². The van der Waals surface area contributed by atoms with E-state index in [1.165, 1.54) is 6.20 Å². The predicted molar refractivity (Wildman–Crippen MR) is 81.8 cm³/mol. The molecule has 1 unspecified atom stereocenters. The predicted octanol–water partition coefficient (Wildman–Crippen LogP) is 2.49. The van der Waals surface area contributed by atoms with Gasteiger partial charge in [0.1, 0.15) is 5.69 Å². The van der Waals surface area contributed by atoms with E-state index in [1.54, 1.807) is 38.1 Å². The number of nitrogens with zero attached hydrogens (tertiary/aromatic N) is 1. The molecule has 2 rings (SSSR count). The molecule has 0 aliphatic carbocycles. The van der Waals surface area contributed by atoms with E-state index in [2.05, 4.69) is 15.5 Å². The van der Waals surface area contributed by atoms with Crippen LogP contribution in [0.15, 0.2) is 30.5 Å². The van der Waals surface area contributed by atoms with E-state index in [-0.39, 0.29) is 12.1 Å². The Morgan fingerprint density at radius 3 is 2.45 bits per heavy atom. The van der Waals surface area contributed by atoms with Crippen LogP contribution in [0.4, 0.5) is 0 Å². The molecule has 0 aliphatic rings. The second kappa shape index (κ2) is 6.19. The first-order valence-corrected chi connectivity index (χ1v) is 7.10. The van der Waals surface area contributed by atoms with Crippen LogP contribution in [0.2, 0.25) is 5.02 Å². The second-order valence-corrected chi connectivity index (χ2v) is 5.39. The average Bonchev–Trinajstić information content (AvgIpc) is 2.91. The Kier molecular flexibility index (Phi) is 4.51. The van der Waals surface area contributed by atoms with Gasteiger partial charge in [-0.3, -0.25) is 9.89 Å². The molecule has 6 nitrogen and oxygen atoms in total. The highest BCUT2D eigenvalue weighted by molar-refractivity contribution is 6.30. The largest absolute Gasteiger partial charge is 0.479 e. The molecule has 0 aliphatic heterocycles. The minimum atomic E-state index is -1.53. The van der Waals surface area contributed by atoms with Crippen LogP contribution in [-0.2, 0) is 10.3 Å². The molecule has 2 aromatic rings. The number of carboxylic acid groups (broad SMARTS) is 1. The highest BCUT2D eigenvalue weighted by Gasteiger charge is 2.40. The summed E-state index contributed by atoms with van der Waals surface area (Å²) < 4.78 is 0. The van der Waals surface area contributed by atoms with Crippen LogP contribution in [0.25, 0.3) is 0 Å². The lowest BCUT2D eigenvalue weighted by molar-refractivity contribution is -0.145. The number of amides is 1. The van der Waals surface area contributed by atoms with Crippen LogP contribution in [0.5, 0.6) is 0 Å². The summed E-state index contributed by atoms with van der Waals surface area (Å²) in [6.45, 7) is 3.41. The molecule has 0 saturated carbocycles. The lowest BCUT2D eigenvalue weighted by Crippen LogP contribution is -2.51. The Morgan fingerprint density at radius 1 is 1.36 bits per heavy atom. The molecule has 1 atom stereocenters. The second-order valence-electron chi connectivity index (χ2n) is 4.95. The average molecular weight is 322 g/mol. The number of aryl methyl sites for hydroxylation is 1. The van der Waals surface area contributed by atoms with Gasteiger partial charge in [-0.2, -0.15) is 5.10 Å². The van der Waals surface area contributed by atoms with E-state index in [1.807, 2.05) is 0 Å². The first kappa shape index (κ1) is 16.0. The van der Waals surface area contributed by atoms with Gasteiger partial charge in [0.05, 0.1) is 6.20 Å². The van der Waals surface area contributed by atoms with Crippen molar-refractivity contribution in [3.63, 3.8) is 0 Å². The minimum absolute atomic E-state index is 0.183. The van der Waals surface area contributed by atoms with E-state index in [4.69, 9.17) is 11.6 Å². The fourth-order valence-corrected chi connectivity index (χ4v) is 2.39. The lowest BCUT2D eigenvalue weighted by atomic mass is 9.87. The van der Waals surface area contributed by atoms with Crippen molar-refractivity contribution < 1.29 is 14.7 Å². The number of carboxylic acids is 1. The Labute approximate surface area is 132 Å². The van der Waals surface area contributed by atoms with Crippen molar-refractivity contribution in [2.24, 2.45) is 0 Å². The van der Waals surface area contributed by atoms with Gasteiger partial charge in [-0.05, 0) is 36.6 Å². The zero-order chi connectivity index (χ0) is 16.3.